The van der Waals surface area contributed by atoms with Crippen LogP contribution in [0.2, 0.25) is 0 Å². The molecule has 2 bridgehead atoms. The third-order valence-electron chi connectivity index (χ3n) is 10.1. The van der Waals surface area contributed by atoms with Crippen molar-refractivity contribution in [2.24, 2.45) is 17.8 Å². The number of rotatable bonds is 11. The van der Waals surface area contributed by atoms with Crippen molar-refractivity contribution in [3.05, 3.63) is 90.5 Å². The molecule has 0 aliphatic carbocycles. The number of anilines is 1. The Bertz CT molecular complexity index is 1460. The van der Waals surface area contributed by atoms with Gasteiger partial charge >= 0.3 is 0 Å². The van der Waals surface area contributed by atoms with Crippen molar-refractivity contribution in [2.45, 2.75) is 70.9 Å². The first-order valence-electron chi connectivity index (χ1n) is 15.5. The fourth-order valence-electron chi connectivity index (χ4n) is 7.88. The fourth-order valence-corrected chi connectivity index (χ4v) is 7.88. The lowest BCUT2D eigenvalue weighted by atomic mass is 9.62. The van der Waals surface area contributed by atoms with Gasteiger partial charge in [0, 0.05) is 25.3 Å². The van der Waals surface area contributed by atoms with Crippen LogP contribution in [0.3, 0.4) is 0 Å². The summed E-state index contributed by atoms with van der Waals surface area (Å²) in [5.74, 6) is -2.59. The highest BCUT2D eigenvalue weighted by molar-refractivity contribution is 6.05. The number of ether oxygens (including phenoxy) is 1. The van der Waals surface area contributed by atoms with E-state index in [1.807, 2.05) is 76.2 Å². The van der Waals surface area contributed by atoms with Crippen molar-refractivity contribution in [1.29, 1.82) is 0 Å². The van der Waals surface area contributed by atoms with Gasteiger partial charge in [0.25, 0.3) is 5.91 Å². The number of likely N-dealkylation sites (tertiary alicyclic amines) is 1. The van der Waals surface area contributed by atoms with E-state index in [1.54, 1.807) is 28.9 Å². The Balaban J connectivity index is 1.62. The molecule has 3 aliphatic heterocycles. The van der Waals surface area contributed by atoms with Gasteiger partial charge in [-0.25, -0.2) is 0 Å². The highest BCUT2D eigenvalue weighted by Crippen LogP contribution is 2.66. The van der Waals surface area contributed by atoms with Gasteiger partial charge in [0.1, 0.15) is 11.6 Å². The Labute approximate surface area is 261 Å². The van der Waals surface area contributed by atoms with Gasteiger partial charge < -0.3 is 24.5 Å². The molecule has 8 nitrogen and oxygen atoms in total. The Morgan fingerprint density at radius 2 is 1.80 bits per heavy atom. The fraction of sp³-hybridized carbons (Fsp3) is 0.472. The molecule has 3 aliphatic rings. The van der Waals surface area contributed by atoms with Crippen LogP contribution in [0, 0.1) is 31.6 Å². The van der Waals surface area contributed by atoms with E-state index in [2.05, 4.69) is 13.2 Å². The molecule has 2 aromatic rings. The van der Waals surface area contributed by atoms with Crippen LogP contribution in [0.5, 0.6) is 0 Å². The van der Waals surface area contributed by atoms with Crippen LogP contribution in [0.25, 0.3) is 0 Å². The molecule has 0 aromatic heterocycles. The summed E-state index contributed by atoms with van der Waals surface area (Å²) in [6.45, 7) is 18.0. The van der Waals surface area contributed by atoms with Crippen molar-refractivity contribution in [3.63, 3.8) is 0 Å². The molecule has 3 saturated heterocycles. The molecule has 1 N–H and O–H groups in total. The number of aliphatic hydroxyl groups is 1. The average Bonchev–Trinajstić information content (AvgIpc) is 3.52. The predicted molar refractivity (Wildman–Crippen MR) is 171 cm³/mol. The zero-order chi connectivity index (χ0) is 32.0. The number of nitrogens with zero attached hydrogens (tertiary/aromatic N) is 3. The molecule has 5 rings (SSSR count). The number of carbonyl (C=O) groups excluding carboxylic acids is 3. The highest BCUT2D eigenvalue weighted by Gasteiger charge is 2.80. The minimum atomic E-state index is -1.23. The van der Waals surface area contributed by atoms with E-state index < -0.39 is 35.1 Å². The van der Waals surface area contributed by atoms with E-state index in [0.717, 1.165) is 22.4 Å². The monoisotopic (exact) mass is 599 g/mol. The number of aryl methyl sites for hydroxylation is 2. The van der Waals surface area contributed by atoms with Gasteiger partial charge in [-0.15, -0.1) is 13.2 Å². The molecule has 3 amide bonds. The molecular weight excluding hydrogens is 554 g/mol. The van der Waals surface area contributed by atoms with Gasteiger partial charge in [-0.2, -0.15) is 0 Å². The van der Waals surface area contributed by atoms with E-state index in [-0.39, 0.29) is 36.8 Å². The van der Waals surface area contributed by atoms with E-state index in [4.69, 9.17) is 4.74 Å². The smallest absolute Gasteiger partial charge is 0.253 e. The summed E-state index contributed by atoms with van der Waals surface area (Å²) in [4.78, 5) is 49.0. The Kier molecular flexibility index (Phi) is 8.62. The minimum absolute atomic E-state index is 0.101. The van der Waals surface area contributed by atoms with Crippen molar-refractivity contribution >= 4 is 23.4 Å². The third kappa shape index (κ3) is 4.88. The van der Waals surface area contributed by atoms with Crippen LogP contribution >= 0.6 is 0 Å². The lowest BCUT2D eigenvalue weighted by molar-refractivity contribution is -0.153. The maximum Gasteiger partial charge on any atom is 0.253 e. The Hall–Kier alpha value is -3.75. The SMILES string of the molecule is C=CCN(Cc1ccccc1)C(=O)[C@@H]1[C@H]2C(=O)N([C@H](C)CO)C(C(=O)N(CC=C)c3cc(C)ccc3C)C23CC(C)[C@@]1(C)O3. The van der Waals surface area contributed by atoms with Gasteiger partial charge in [0.05, 0.1) is 30.1 Å². The maximum atomic E-state index is 14.9. The van der Waals surface area contributed by atoms with Gasteiger partial charge in [0.15, 0.2) is 0 Å². The second-order valence-corrected chi connectivity index (χ2v) is 13.0. The third-order valence-corrected chi connectivity index (χ3v) is 10.1. The summed E-state index contributed by atoms with van der Waals surface area (Å²) < 4.78 is 6.95. The minimum Gasteiger partial charge on any atom is -0.394 e. The summed E-state index contributed by atoms with van der Waals surface area (Å²) in [5, 5.41) is 10.3. The van der Waals surface area contributed by atoms with Crippen LogP contribution in [0.15, 0.2) is 73.8 Å². The molecular formula is C36H45N3O5. The molecule has 3 heterocycles. The molecule has 8 heteroatoms. The number of aliphatic hydroxyl groups excluding tert-OH is 1. The topological polar surface area (TPSA) is 90.4 Å². The average molecular weight is 600 g/mol. The van der Waals surface area contributed by atoms with Crippen molar-refractivity contribution in [2.75, 3.05) is 24.6 Å². The second-order valence-electron chi connectivity index (χ2n) is 13.0. The van der Waals surface area contributed by atoms with Crippen molar-refractivity contribution in [1.82, 2.24) is 9.80 Å². The summed E-state index contributed by atoms with van der Waals surface area (Å²) in [7, 11) is 0. The number of amides is 3. The molecule has 0 radical (unpaired) electrons. The van der Waals surface area contributed by atoms with Gasteiger partial charge in [-0.3, -0.25) is 14.4 Å². The number of hydrogen-bond acceptors (Lipinski definition) is 5. The van der Waals surface area contributed by atoms with E-state index in [1.165, 1.54) is 4.90 Å². The molecule has 44 heavy (non-hydrogen) atoms. The molecule has 3 unspecified atom stereocenters. The van der Waals surface area contributed by atoms with Crippen molar-refractivity contribution in [3.8, 4) is 0 Å². The van der Waals surface area contributed by atoms with Gasteiger partial charge in [-0.1, -0.05) is 61.5 Å². The van der Waals surface area contributed by atoms with E-state index >= 15 is 0 Å². The Morgan fingerprint density at radius 3 is 2.43 bits per heavy atom. The van der Waals surface area contributed by atoms with Gasteiger partial charge in [0.2, 0.25) is 11.8 Å². The molecule has 7 atom stereocenters. The second kappa shape index (κ2) is 12.0. The largest absolute Gasteiger partial charge is 0.394 e. The first-order chi connectivity index (χ1) is 20.9. The zero-order valence-corrected chi connectivity index (χ0v) is 26.5. The van der Waals surface area contributed by atoms with Crippen LogP contribution in [0.4, 0.5) is 5.69 Å². The maximum absolute atomic E-state index is 14.9. The normalized spacial score (nSPS) is 29.3. The quantitative estimate of drug-likeness (QED) is 0.386. The lowest BCUT2D eigenvalue weighted by Gasteiger charge is -2.39. The molecule has 0 saturated carbocycles. The number of carbonyl (C=O) groups is 3. The summed E-state index contributed by atoms with van der Waals surface area (Å²) >= 11 is 0. The molecule has 3 fully saturated rings. The van der Waals surface area contributed by atoms with Crippen LogP contribution in [0.1, 0.15) is 43.9 Å². The standard InChI is InChI=1S/C36H45N3O5/c1-8-17-37(21-27-13-11-10-12-14-27)32(41)29-30-33(42)39(26(6)22-40)31(36(30)20-25(5)35(29,7)44-36)34(43)38(18-9-2)28-19-23(3)15-16-24(28)4/h8-16,19,25-26,29-31,40H,1-2,17-18,20-22H2,3-7H3/t25?,26-,29+,30+,31?,35-,36?/m1/s1. The zero-order valence-electron chi connectivity index (χ0n) is 26.5. The number of benzene rings is 2. The molecule has 1 spiro atoms. The van der Waals surface area contributed by atoms with Crippen LogP contribution in [-0.2, 0) is 25.7 Å². The lowest BCUT2D eigenvalue weighted by Crippen LogP contribution is -2.58. The Morgan fingerprint density at radius 1 is 1.11 bits per heavy atom. The highest BCUT2D eigenvalue weighted by atomic mass is 16.5. The molecule has 2 aromatic carbocycles. The first kappa shape index (κ1) is 31.7. The molecule has 234 valence electrons. The summed E-state index contributed by atoms with van der Waals surface area (Å²) in [5.41, 5.74) is 1.43. The van der Waals surface area contributed by atoms with Crippen LogP contribution in [-0.4, -0.2) is 75.6 Å². The number of hydrogen-bond donors (Lipinski definition) is 1. The summed E-state index contributed by atoms with van der Waals surface area (Å²) in [6.07, 6.45) is 3.81. The summed E-state index contributed by atoms with van der Waals surface area (Å²) in [6, 6.07) is 14.0. The van der Waals surface area contributed by atoms with Gasteiger partial charge in [-0.05, 0) is 62.8 Å². The van der Waals surface area contributed by atoms with E-state index in [9.17, 15) is 19.5 Å². The van der Waals surface area contributed by atoms with E-state index in [0.29, 0.717) is 19.5 Å². The predicted octanol–water partition coefficient (Wildman–Crippen LogP) is 4.43. The number of fused-ring (bicyclic) bond motifs is 1. The van der Waals surface area contributed by atoms with Crippen LogP contribution < -0.4 is 4.90 Å². The van der Waals surface area contributed by atoms with Crippen molar-refractivity contribution < 1.29 is 24.2 Å². The first-order valence-corrected chi connectivity index (χ1v) is 15.5.